The fraction of sp³-hybridized carbons (Fsp3) is 0.269. The molecule has 3 heterocycles. The number of nitrogens with zero attached hydrogens (tertiary/aromatic N) is 5. The Morgan fingerprint density at radius 1 is 1.10 bits per heavy atom. The highest BCUT2D eigenvalue weighted by atomic mass is 35.5. The molecule has 0 saturated heterocycles. The van der Waals surface area contributed by atoms with Crippen LogP contribution >= 0.6 is 11.6 Å². The van der Waals surface area contributed by atoms with Crippen LogP contribution in [-0.2, 0) is 6.18 Å². The number of benzene rings is 2. The summed E-state index contributed by atoms with van der Waals surface area (Å²) in [4.78, 5) is 14.9. The molecule has 204 valence electrons. The molecule has 13 heteroatoms. The van der Waals surface area contributed by atoms with Gasteiger partial charge in [-0.25, -0.2) is 9.97 Å². The topological polar surface area (TPSA) is 86.6 Å². The molecule has 0 bridgehead atoms. The number of halogens is 4. The number of aryl methyl sites for hydroxylation is 1. The lowest BCUT2D eigenvalue weighted by molar-refractivity contribution is -0.138. The lowest BCUT2D eigenvalue weighted by Crippen LogP contribution is -2.34. The first-order valence-electron chi connectivity index (χ1n) is 11.7. The van der Waals surface area contributed by atoms with E-state index < -0.39 is 17.8 Å². The van der Waals surface area contributed by atoms with Crippen molar-refractivity contribution in [3.05, 3.63) is 70.9 Å². The van der Waals surface area contributed by atoms with Crippen molar-refractivity contribution in [3.63, 3.8) is 0 Å². The monoisotopic (exact) mass is 560 g/mol. The second kappa shape index (κ2) is 10.2. The van der Waals surface area contributed by atoms with E-state index in [9.17, 15) is 13.2 Å². The van der Waals surface area contributed by atoms with Gasteiger partial charge in [0.05, 0.1) is 49.7 Å². The summed E-state index contributed by atoms with van der Waals surface area (Å²) in [5.41, 5.74) is 1.66. The van der Waals surface area contributed by atoms with Crippen LogP contribution in [0.2, 0.25) is 5.02 Å². The Kier molecular flexibility index (Phi) is 6.89. The molecule has 4 aromatic rings. The number of hydrogen-bond acceptors (Lipinski definition) is 8. The lowest BCUT2D eigenvalue weighted by Gasteiger charge is -2.35. The Bertz CT molecular complexity index is 1530. The Morgan fingerprint density at radius 2 is 1.87 bits per heavy atom. The van der Waals surface area contributed by atoms with Crippen molar-refractivity contribution in [3.8, 4) is 22.9 Å². The predicted octanol–water partition coefficient (Wildman–Crippen LogP) is 5.97. The number of fused-ring (bicyclic) bond motifs is 1. The van der Waals surface area contributed by atoms with Crippen LogP contribution in [0.3, 0.4) is 0 Å². The molecule has 1 unspecified atom stereocenters. The van der Waals surface area contributed by atoms with Gasteiger partial charge in [-0.1, -0.05) is 11.6 Å². The number of likely N-dealkylation sites (N-methyl/N-ethyl adjacent to an activating group) is 1. The minimum Gasteiger partial charge on any atom is -0.496 e. The van der Waals surface area contributed by atoms with Crippen LogP contribution in [0, 0.1) is 6.92 Å². The van der Waals surface area contributed by atoms with Gasteiger partial charge in [-0.05, 0) is 36.8 Å². The average molecular weight is 561 g/mol. The molecule has 39 heavy (non-hydrogen) atoms. The molecule has 0 aliphatic carbocycles. The second-order valence-corrected chi connectivity index (χ2v) is 9.23. The minimum atomic E-state index is -4.62. The zero-order valence-electron chi connectivity index (χ0n) is 21.4. The van der Waals surface area contributed by atoms with E-state index in [0.717, 1.165) is 23.5 Å². The van der Waals surface area contributed by atoms with E-state index in [1.54, 1.807) is 31.5 Å². The zero-order chi connectivity index (χ0) is 27.9. The van der Waals surface area contributed by atoms with Crippen LogP contribution < -0.4 is 24.4 Å². The lowest BCUT2D eigenvalue weighted by atomic mass is 10.0. The van der Waals surface area contributed by atoms with Gasteiger partial charge in [0, 0.05) is 30.0 Å². The SMILES string of the molecule is COc1cc(Nc2ncc3c(n2)N(C)C(c2cc(C(F)(F)F)c(OC)cc2Cl)CO3)ccc1-n1cnc(C)c1. The van der Waals surface area contributed by atoms with Crippen LogP contribution in [0.25, 0.3) is 5.69 Å². The van der Waals surface area contributed by atoms with E-state index >= 15 is 0 Å². The summed E-state index contributed by atoms with van der Waals surface area (Å²) in [7, 11) is 4.45. The molecule has 1 atom stereocenters. The third-order valence-electron chi connectivity index (χ3n) is 6.34. The molecule has 0 spiro atoms. The maximum absolute atomic E-state index is 13.7. The molecule has 2 aromatic heterocycles. The molecule has 1 aliphatic heterocycles. The predicted molar refractivity (Wildman–Crippen MR) is 140 cm³/mol. The van der Waals surface area contributed by atoms with Gasteiger partial charge >= 0.3 is 6.18 Å². The van der Waals surface area contributed by atoms with E-state index in [0.29, 0.717) is 23.0 Å². The minimum absolute atomic E-state index is 0.0510. The summed E-state index contributed by atoms with van der Waals surface area (Å²) in [5.74, 6) is 1.29. The third kappa shape index (κ3) is 5.11. The first kappa shape index (κ1) is 26.4. The highest BCUT2D eigenvalue weighted by Gasteiger charge is 2.37. The number of rotatable bonds is 6. The summed E-state index contributed by atoms with van der Waals surface area (Å²) in [6.07, 6.45) is 0.472. The molecule has 9 nitrogen and oxygen atoms in total. The Labute approximate surface area is 227 Å². The van der Waals surface area contributed by atoms with Crippen LogP contribution in [0.15, 0.2) is 49.1 Å². The van der Waals surface area contributed by atoms with E-state index in [4.69, 9.17) is 25.8 Å². The van der Waals surface area contributed by atoms with Crippen molar-refractivity contribution in [2.24, 2.45) is 0 Å². The summed E-state index contributed by atoms with van der Waals surface area (Å²) in [5, 5.41) is 3.26. The van der Waals surface area contributed by atoms with E-state index in [1.165, 1.54) is 13.3 Å². The highest BCUT2D eigenvalue weighted by molar-refractivity contribution is 6.31. The third-order valence-corrected chi connectivity index (χ3v) is 6.67. The van der Waals surface area contributed by atoms with Gasteiger partial charge in [-0.3, -0.25) is 0 Å². The second-order valence-electron chi connectivity index (χ2n) is 8.82. The van der Waals surface area contributed by atoms with Crippen LogP contribution in [0.4, 0.5) is 30.6 Å². The van der Waals surface area contributed by atoms with Crippen LogP contribution in [0.1, 0.15) is 22.9 Å². The summed E-state index contributed by atoms with van der Waals surface area (Å²) < 4.78 is 59.2. The van der Waals surface area contributed by atoms with Crippen LogP contribution in [-0.4, -0.2) is 47.4 Å². The maximum atomic E-state index is 13.7. The van der Waals surface area contributed by atoms with Gasteiger partial charge in [0.15, 0.2) is 11.6 Å². The first-order chi connectivity index (χ1) is 18.6. The molecule has 0 radical (unpaired) electrons. The van der Waals surface area contributed by atoms with Crippen LogP contribution in [0.5, 0.6) is 17.2 Å². The molecule has 0 fully saturated rings. The normalized spacial score (nSPS) is 15.0. The van der Waals surface area contributed by atoms with Crippen molar-refractivity contribution in [1.82, 2.24) is 19.5 Å². The number of imidazole rings is 1. The Balaban J connectivity index is 1.43. The molecule has 1 aliphatic rings. The Morgan fingerprint density at radius 3 is 2.54 bits per heavy atom. The fourth-order valence-corrected chi connectivity index (χ4v) is 4.65. The van der Waals surface area contributed by atoms with Gasteiger partial charge in [0.1, 0.15) is 18.1 Å². The molecule has 2 aromatic carbocycles. The van der Waals surface area contributed by atoms with Gasteiger partial charge in [-0.2, -0.15) is 18.2 Å². The molecular formula is C26H24ClF3N6O3. The van der Waals surface area contributed by atoms with Crippen molar-refractivity contribution < 1.29 is 27.4 Å². The summed E-state index contributed by atoms with van der Waals surface area (Å²) in [6, 6.07) is 7.03. The number of nitrogens with one attached hydrogen (secondary N) is 1. The highest BCUT2D eigenvalue weighted by Crippen LogP contribution is 2.44. The number of alkyl halides is 3. The number of hydrogen-bond donors (Lipinski definition) is 1. The molecule has 0 saturated carbocycles. The van der Waals surface area contributed by atoms with E-state index in [2.05, 4.69) is 20.3 Å². The number of ether oxygens (including phenoxy) is 3. The van der Waals surface area contributed by atoms with Gasteiger partial charge in [-0.15, -0.1) is 0 Å². The van der Waals surface area contributed by atoms with Crippen molar-refractivity contribution in [2.75, 3.05) is 38.1 Å². The van der Waals surface area contributed by atoms with Crippen molar-refractivity contribution in [2.45, 2.75) is 19.1 Å². The number of aromatic nitrogens is 4. The van der Waals surface area contributed by atoms with Gasteiger partial charge in [0.2, 0.25) is 5.95 Å². The van der Waals surface area contributed by atoms with Crippen molar-refractivity contribution in [1.29, 1.82) is 0 Å². The Hall–Kier alpha value is -4.19. The van der Waals surface area contributed by atoms with E-state index in [1.807, 2.05) is 29.8 Å². The zero-order valence-corrected chi connectivity index (χ0v) is 22.1. The number of anilines is 3. The molecule has 1 N–H and O–H groups in total. The average Bonchev–Trinajstić information content (AvgIpc) is 3.34. The summed E-state index contributed by atoms with van der Waals surface area (Å²) >= 11 is 6.39. The van der Waals surface area contributed by atoms with Crippen molar-refractivity contribution >= 4 is 29.1 Å². The quantitative estimate of drug-likeness (QED) is 0.308. The molecule has 5 rings (SSSR count). The maximum Gasteiger partial charge on any atom is 0.419 e. The fourth-order valence-electron chi connectivity index (χ4n) is 4.37. The van der Waals surface area contributed by atoms with E-state index in [-0.39, 0.29) is 28.9 Å². The first-order valence-corrected chi connectivity index (χ1v) is 12.1. The largest absolute Gasteiger partial charge is 0.496 e. The van der Waals surface area contributed by atoms with Gasteiger partial charge < -0.3 is 29.0 Å². The number of methoxy groups -OCH3 is 2. The molecular weight excluding hydrogens is 537 g/mol. The smallest absolute Gasteiger partial charge is 0.419 e. The standard InChI is InChI=1S/C26H24ClF3N6O3/c1-14-11-36(13-32-14)19-6-5-15(7-22(19)38-4)33-25-31-10-23-24(34-25)35(2)20(12-39-23)16-8-17(26(28,29)30)21(37-3)9-18(16)27/h5-11,13,20H,12H2,1-4H3,(H,31,33,34). The summed E-state index contributed by atoms with van der Waals surface area (Å²) in [6.45, 7) is 1.95. The van der Waals surface area contributed by atoms with Gasteiger partial charge in [0.25, 0.3) is 0 Å². The molecule has 0 amide bonds.